The zero-order chi connectivity index (χ0) is 9.80. The van der Waals surface area contributed by atoms with Gasteiger partial charge < -0.3 is 5.73 Å². The van der Waals surface area contributed by atoms with E-state index >= 15 is 0 Å². The summed E-state index contributed by atoms with van der Waals surface area (Å²) in [5.74, 6) is 0.617. The van der Waals surface area contributed by atoms with Crippen molar-refractivity contribution in [2.75, 3.05) is 5.73 Å². The minimum atomic E-state index is 0.617. The molecule has 0 aliphatic rings. The number of aryl methyl sites for hydroxylation is 2. The third kappa shape index (κ3) is 2.10. The molecule has 0 fully saturated rings. The second kappa shape index (κ2) is 3.91. The molecule has 72 valence electrons. The zero-order valence-electron chi connectivity index (χ0n) is 7.77. The van der Waals surface area contributed by atoms with E-state index in [0.29, 0.717) is 5.82 Å². The SMILES string of the molecule is Nc1cc(CCc2cccnc2)n[nH]1. The van der Waals surface area contributed by atoms with Gasteiger partial charge in [0.2, 0.25) is 0 Å². The van der Waals surface area contributed by atoms with Crippen LogP contribution in [0.1, 0.15) is 11.3 Å². The van der Waals surface area contributed by atoms with Crippen LogP contribution in [0, 0.1) is 0 Å². The van der Waals surface area contributed by atoms with Gasteiger partial charge in [-0.1, -0.05) is 6.07 Å². The van der Waals surface area contributed by atoms with Gasteiger partial charge >= 0.3 is 0 Å². The molecule has 0 saturated carbocycles. The van der Waals surface area contributed by atoms with Crippen molar-refractivity contribution in [3.63, 3.8) is 0 Å². The topological polar surface area (TPSA) is 67.6 Å². The Morgan fingerprint density at radius 2 is 2.29 bits per heavy atom. The Kier molecular flexibility index (Phi) is 2.44. The molecule has 0 amide bonds. The van der Waals surface area contributed by atoms with E-state index in [1.54, 1.807) is 6.20 Å². The fourth-order valence-electron chi connectivity index (χ4n) is 1.33. The molecule has 2 rings (SSSR count). The average Bonchev–Trinajstić information content (AvgIpc) is 2.63. The van der Waals surface area contributed by atoms with Gasteiger partial charge in [-0.05, 0) is 24.5 Å². The first-order valence-corrected chi connectivity index (χ1v) is 4.53. The highest BCUT2D eigenvalue weighted by atomic mass is 15.1. The Morgan fingerprint density at radius 1 is 1.36 bits per heavy atom. The first-order valence-electron chi connectivity index (χ1n) is 4.53. The Morgan fingerprint density at radius 3 is 2.93 bits per heavy atom. The molecule has 0 spiro atoms. The van der Waals surface area contributed by atoms with E-state index in [-0.39, 0.29) is 0 Å². The number of aromatic amines is 1. The molecule has 4 heteroatoms. The molecule has 2 heterocycles. The maximum Gasteiger partial charge on any atom is 0.119 e. The molecule has 14 heavy (non-hydrogen) atoms. The Hall–Kier alpha value is -1.84. The molecule has 0 saturated heterocycles. The lowest BCUT2D eigenvalue weighted by Crippen LogP contribution is -1.91. The van der Waals surface area contributed by atoms with Crippen LogP contribution < -0.4 is 5.73 Å². The number of rotatable bonds is 3. The van der Waals surface area contributed by atoms with Gasteiger partial charge in [0.1, 0.15) is 5.82 Å². The normalized spacial score (nSPS) is 10.3. The predicted octanol–water partition coefficient (Wildman–Crippen LogP) is 1.17. The molecule has 0 aliphatic carbocycles. The average molecular weight is 188 g/mol. The van der Waals surface area contributed by atoms with E-state index in [2.05, 4.69) is 21.2 Å². The summed E-state index contributed by atoms with van der Waals surface area (Å²) >= 11 is 0. The van der Waals surface area contributed by atoms with Crippen molar-refractivity contribution in [1.82, 2.24) is 15.2 Å². The van der Waals surface area contributed by atoms with E-state index < -0.39 is 0 Å². The number of hydrogen-bond acceptors (Lipinski definition) is 3. The van der Waals surface area contributed by atoms with Crippen molar-refractivity contribution >= 4 is 5.82 Å². The van der Waals surface area contributed by atoms with Crippen LogP contribution in [-0.2, 0) is 12.8 Å². The molecule has 0 unspecified atom stereocenters. The van der Waals surface area contributed by atoms with Gasteiger partial charge in [0.15, 0.2) is 0 Å². The maximum atomic E-state index is 5.52. The van der Waals surface area contributed by atoms with Crippen LogP contribution in [-0.4, -0.2) is 15.2 Å². The molecule has 3 N–H and O–H groups in total. The second-order valence-corrected chi connectivity index (χ2v) is 3.18. The van der Waals surface area contributed by atoms with Crippen molar-refractivity contribution in [3.8, 4) is 0 Å². The monoisotopic (exact) mass is 188 g/mol. The molecule has 0 atom stereocenters. The summed E-state index contributed by atoms with van der Waals surface area (Å²) in [5.41, 5.74) is 7.73. The van der Waals surface area contributed by atoms with Gasteiger partial charge in [-0.15, -0.1) is 0 Å². The van der Waals surface area contributed by atoms with Crippen molar-refractivity contribution in [2.45, 2.75) is 12.8 Å². The Balaban J connectivity index is 1.95. The van der Waals surface area contributed by atoms with E-state index in [4.69, 9.17) is 5.73 Å². The summed E-state index contributed by atoms with van der Waals surface area (Å²) in [7, 11) is 0. The first-order chi connectivity index (χ1) is 6.84. The van der Waals surface area contributed by atoms with Crippen molar-refractivity contribution in [2.24, 2.45) is 0 Å². The number of H-pyrrole nitrogens is 1. The number of nitrogens with one attached hydrogen (secondary N) is 1. The van der Waals surface area contributed by atoms with Crippen LogP contribution in [0.25, 0.3) is 0 Å². The first kappa shape index (κ1) is 8.74. The minimum absolute atomic E-state index is 0.617. The van der Waals surface area contributed by atoms with E-state index in [9.17, 15) is 0 Å². The van der Waals surface area contributed by atoms with Crippen LogP contribution >= 0.6 is 0 Å². The number of pyridine rings is 1. The van der Waals surface area contributed by atoms with Crippen molar-refractivity contribution < 1.29 is 0 Å². The summed E-state index contributed by atoms with van der Waals surface area (Å²) < 4.78 is 0. The number of anilines is 1. The lowest BCUT2D eigenvalue weighted by atomic mass is 10.1. The Labute approximate surface area is 82.2 Å². The summed E-state index contributed by atoms with van der Waals surface area (Å²) in [4.78, 5) is 4.05. The number of nitrogens with two attached hydrogens (primary N) is 1. The second-order valence-electron chi connectivity index (χ2n) is 3.18. The van der Waals surface area contributed by atoms with Crippen LogP contribution in [0.15, 0.2) is 30.6 Å². The third-order valence-corrected chi connectivity index (χ3v) is 2.04. The quantitative estimate of drug-likeness (QED) is 0.759. The van der Waals surface area contributed by atoms with Gasteiger partial charge in [0.05, 0.1) is 5.69 Å². The van der Waals surface area contributed by atoms with Crippen molar-refractivity contribution in [1.29, 1.82) is 0 Å². The molecule has 2 aromatic heterocycles. The van der Waals surface area contributed by atoms with Gasteiger partial charge in [-0.3, -0.25) is 10.1 Å². The lowest BCUT2D eigenvalue weighted by Gasteiger charge is -1.96. The van der Waals surface area contributed by atoms with Crippen LogP contribution in [0.5, 0.6) is 0 Å². The fraction of sp³-hybridized carbons (Fsp3) is 0.200. The number of aromatic nitrogens is 3. The standard InChI is InChI=1S/C10H12N4/c11-10-6-9(13-14-10)4-3-8-2-1-5-12-7-8/h1-2,5-7H,3-4H2,(H3,11,13,14). The summed E-state index contributed by atoms with van der Waals surface area (Å²) in [6, 6.07) is 5.85. The Bertz CT molecular complexity index is 394. The zero-order valence-corrected chi connectivity index (χ0v) is 7.77. The van der Waals surface area contributed by atoms with E-state index in [1.807, 2.05) is 18.3 Å². The molecule has 0 radical (unpaired) electrons. The fourth-order valence-corrected chi connectivity index (χ4v) is 1.33. The van der Waals surface area contributed by atoms with E-state index in [1.165, 1.54) is 5.56 Å². The van der Waals surface area contributed by atoms with E-state index in [0.717, 1.165) is 18.5 Å². The smallest absolute Gasteiger partial charge is 0.119 e. The van der Waals surface area contributed by atoms with Gasteiger partial charge in [0.25, 0.3) is 0 Å². The highest BCUT2D eigenvalue weighted by molar-refractivity contribution is 5.28. The van der Waals surface area contributed by atoms with Crippen LogP contribution in [0.2, 0.25) is 0 Å². The maximum absolute atomic E-state index is 5.52. The predicted molar refractivity (Wildman–Crippen MR) is 54.6 cm³/mol. The summed E-state index contributed by atoms with van der Waals surface area (Å²) in [6.45, 7) is 0. The molecular weight excluding hydrogens is 176 g/mol. The molecule has 0 bridgehead atoms. The molecular formula is C10H12N4. The number of hydrogen-bond donors (Lipinski definition) is 2. The highest BCUT2D eigenvalue weighted by Gasteiger charge is 1.98. The van der Waals surface area contributed by atoms with Crippen LogP contribution in [0.4, 0.5) is 5.82 Å². The van der Waals surface area contributed by atoms with Crippen LogP contribution in [0.3, 0.4) is 0 Å². The highest BCUT2D eigenvalue weighted by Crippen LogP contribution is 2.05. The third-order valence-electron chi connectivity index (χ3n) is 2.04. The van der Waals surface area contributed by atoms with Gasteiger partial charge in [-0.2, -0.15) is 5.10 Å². The lowest BCUT2D eigenvalue weighted by molar-refractivity contribution is 0.888. The summed E-state index contributed by atoms with van der Waals surface area (Å²) in [5, 5.41) is 6.78. The number of nitrogens with zero attached hydrogens (tertiary/aromatic N) is 2. The number of nitrogen functional groups attached to an aromatic ring is 1. The summed E-state index contributed by atoms with van der Waals surface area (Å²) in [6.07, 6.45) is 5.48. The molecule has 0 aliphatic heterocycles. The molecule has 0 aromatic carbocycles. The largest absolute Gasteiger partial charge is 0.384 e. The molecule has 4 nitrogen and oxygen atoms in total. The van der Waals surface area contributed by atoms with Crippen molar-refractivity contribution in [3.05, 3.63) is 41.9 Å². The minimum Gasteiger partial charge on any atom is -0.384 e. The molecule has 2 aromatic rings. The van der Waals surface area contributed by atoms with Gasteiger partial charge in [0, 0.05) is 18.5 Å². The van der Waals surface area contributed by atoms with Gasteiger partial charge in [-0.25, -0.2) is 0 Å².